The molecule has 1 aliphatic rings. The summed E-state index contributed by atoms with van der Waals surface area (Å²) in [6.07, 6.45) is 6.58. The highest BCUT2D eigenvalue weighted by Crippen LogP contribution is 2.37. The molecule has 5 rings (SSSR count). The summed E-state index contributed by atoms with van der Waals surface area (Å²) >= 11 is 0. The van der Waals surface area contributed by atoms with Gasteiger partial charge in [-0.2, -0.15) is 10.1 Å². The number of fused-ring (bicyclic) bond motifs is 1. The molecule has 2 N–H and O–H groups in total. The third-order valence-electron chi connectivity index (χ3n) is 6.04. The van der Waals surface area contributed by atoms with E-state index in [9.17, 15) is 9.59 Å². The van der Waals surface area contributed by atoms with Gasteiger partial charge in [-0.3, -0.25) is 14.4 Å². The molecule has 2 aromatic carbocycles. The van der Waals surface area contributed by atoms with Crippen molar-refractivity contribution in [2.75, 3.05) is 34.2 Å². The fraction of sp³-hybridized carbons (Fsp3) is 0.179. The molecule has 0 atom stereocenters. The first kappa shape index (κ1) is 25.6. The summed E-state index contributed by atoms with van der Waals surface area (Å²) in [7, 11) is 3.39. The van der Waals surface area contributed by atoms with Crippen LogP contribution in [0.5, 0.6) is 0 Å². The number of hydrogen-bond donors (Lipinski definition) is 2. The van der Waals surface area contributed by atoms with Gasteiger partial charge in [0.25, 0.3) is 0 Å². The summed E-state index contributed by atoms with van der Waals surface area (Å²) in [5.74, 6) is 0.486. The SMILES string of the molecule is COC/C=C/C(=O)Nc1cccc(N2C(=O)N(c3ccccc3)Cc3cnc(Nc4cn(C)nc4C)nc32)c1. The van der Waals surface area contributed by atoms with Crippen LogP contribution in [0.3, 0.4) is 0 Å². The van der Waals surface area contributed by atoms with Gasteiger partial charge in [-0.15, -0.1) is 0 Å². The maximum Gasteiger partial charge on any atom is 0.335 e. The molecular formula is C28H28N8O3. The first-order valence-corrected chi connectivity index (χ1v) is 12.3. The van der Waals surface area contributed by atoms with Gasteiger partial charge in [0.2, 0.25) is 11.9 Å². The van der Waals surface area contributed by atoms with E-state index in [2.05, 4.69) is 20.7 Å². The maximum absolute atomic E-state index is 14.0. The highest BCUT2D eigenvalue weighted by Gasteiger charge is 2.34. The second-order valence-corrected chi connectivity index (χ2v) is 8.91. The van der Waals surface area contributed by atoms with E-state index < -0.39 is 0 Å². The summed E-state index contributed by atoms with van der Waals surface area (Å²) in [4.78, 5) is 38.8. The van der Waals surface area contributed by atoms with E-state index in [1.807, 2.05) is 50.5 Å². The molecule has 4 aromatic rings. The molecule has 11 heteroatoms. The van der Waals surface area contributed by atoms with E-state index in [0.717, 1.165) is 22.6 Å². The molecule has 0 bridgehead atoms. The van der Waals surface area contributed by atoms with Gasteiger partial charge in [0.1, 0.15) is 0 Å². The van der Waals surface area contributed by atoms with Crippen molar-refractivity contribution in [2.24, 2.45) is 7.05 Å². The van der Waals surface area contributed by atoms with E-state index in [-0.39, 0.29) is 11.9 Å². The van der Waals surface area contributed by atoms with Crippen LogP contribution in [0.15, 0.2) is 79.1 Å². The number of amides is 3. The number of aryl methyl sites for hydroxylation is 2. The van der Waals surface area contributed by atoms with Crippen molar-refractivity contribution >= 4 is 46.5 Å². The molecule has 0 saturated carbocycles. The van der Waals surface area contributed by atoms with Crippen LogP contribution in [-0.4, -0.2) is 45.4 Å². The maximum atomic E-state index is 14.0. The minimum absolute atomic E-state index is 0.278. The lowest BCUT2D eigenvalue weighted by atomic mass is 10.1. The molecular weight excluding hydrogens is 496 g/mol. The molecule has 2 aromatic heterocycles. The summed E-state index contributed by atoms with van der Waals surface area (Å²) in [6.45, 7) is 2.52. The van der Waals surface area contributed by atoms with Gasteiger partial charge in [0.15, 0.2) is 5.82 Å². The van der Waals surface area contributed by atoms with Gasteiger partial charge in [0, 0.05) is 49.6 Å². The summed E-state index contributed by atoms with van der Waals surface area (Å²) in [5, 5.41) is 10.4. The zero-order valence-corrected chi connectivity index (χ0v) is 21.8. The van der Waals surface area contributed by atoms with Crippen LogP contribution in [0.2, 0.25) is 0 Å². The second kappa shape index (κ2) is 11.2. The normalized spacial score (nSPS) is 13.1. The van der Waals surface area contributed by atoms with Crippen LogP contribution in [0.4, 0.5) is 39.3 Å². The Morgan fingerprint density at radius 2 is 1.92 bits per heavy atom. The fourth-order valence-corrected chi connectivity index (χ4v) is 4.26. The molecule has 0 spiro atoms. The van der Waals surface area contributed by atoms with Gasteiger partial charge in [-0.1, -0.05) is 30.3 Å². The quantitative estimate of drug-likeness (QED) is 0.321. The largest absolute Gasteiger partial charge is 0.381 e. The number of rotatable bonds is 8. The standard InChI is InChI=1S/C28H28N8O3/c1-19-24(18-34(2)33-19)31-27-29-16-20-17-35(22-10-5-4-6-11-22)28(38)36(26(20)32-27)23-12-7-9-21(15-23)30-25(37)13-8-14-39-3/h4-13,15-16,18H,14,17H2,1-3H3,(H,30,37)(H,29,31,32)/b13-8+. The topological polar surface area (TPSA) is 118 Å². The predicted octanol–water partition coefficient (Wildman–Crippen LogP) is 4.68. The molecule has 39 heavy (non-hydrogen) atoms. The smallest absolute Gasteiger partial charge is 0.335 e. The summed E-state index contributed by atoms with van der Waals surface area (Å²) in [6, 6.07) is 16.2. The van der Waals surface area contributed by atoms with Crippen LogP contribution in [0.25, 0.3) is 0 Å². The van der Waals surface area contributed by atoms with Crippen LogP contribution >= 0.6 is 0 Å². The number of ether oxygens (including phenoxy) is 1. The lowest BCUT2D eigenvalue weighted by molar-refractivity contribution is -0.111. The lowest BCUT2D eigenvalue weighted by Crippen LogP contribution is -2.45. The van der Waals surface area contributed by atoms with Crippen LogP contribution < -0.4 is 20.4 Å². The van der Waals surface area contributed by atoms with Gasteiger partial charge >= 0.3 is 6.03 Å². The lowest BCUT2D eigenvalue weighted by Gasteiger charge is -2.36. The number of para-hydroxylation sites is 1. The highest BCUT2D eigenvalue weighted by atomic mass is 16.5. The summed E-state index contributed by atoms with van der Waals surface area (Å²) in [5.41, 5.74) is 4.16. The first-order valence-electron chi connectivity index (χ1n) is 12.3. The van der Waals surface area contributed by atoms with E-state index in [1.54, 1.807) is 53.2 Å². The number of nitrogens with one attached hydrogen (secondary N) is 2. The van der Waals surface area contributed by atoms with Gasteiger partial charge in [0.05, 0.1) is 30.2 Å². The Balaban J connectivity index is 1.53. The van der Waals surface area contributed by atoms with E-state index in [4.69, 9.17) is 9.72 Å². The number of nitrogens with zero attached hydrogens (tertiary/aromatic N) is 6. The van der Waals surface area contributed by atoms with Crippen molar-refractivity contribution in [3.8, 4) is 0 Å². The zero-order chi connectivity index (χ0) is 27.4. The molecule has 198 valence electrons. The molecule has 0 aliphatic carbocycles. The van der Waals surface area contributed by atoms with Crippen LogP contribution in [-0.2, 0) is 23.1 Å². The average molecular weight is 525 g/mol. The monoisotopic (exact) mass is 524 g/mol. The van der Waals surface area contributed by atoms with E-state index in [1.165, 1.54) is 11.0 Å². The number of carbonyl (C=O) groups excluding carboxylic acids is 2. The molecule has 11 nitrogen and oxygen atoms in total. The van der Waals surface area contributed by atoms with Crippen LogP contribution in [0.1, 0.15) is 11.3 Å². The third-order valence-corrected chi connectivity index (χ3v) is 6.04. The Bertz CT molecular complexity index is 1530. The van der Waals surface area contributed by atoms with Crippen molar-refractivity contribution in [3.63, 3.8) is 0 Å². The molecule has 0 fully saturated rings. The number of methoxy groups -OCH3 is 1. The first-order chi connectivity index (χ1) is 18.9. The fourth-order valence-electron chi connectivity index (χ4n) is 4.26. The number of carbonyl (C=O) groups is 2. The summed E-state index contributed by atoms with van der Waals surface area (Å²) < 4.78 is 6.65. The number of aromatic nitrogens is 4. The Labute approximate surface area is 225 Å². The Morgan fingerprint density at radius 1 is 1.13 bits per heavy atom. The minimum atomic E-state index is -0.305. The van der Waals surface area contributed by atoms with Crippen molar-refractivity contribution in [1.29, 1.82) is 0 Å². The molecule has 3 amide bonds. The van der Waals surface area contributed by atoms with E-state index in [0.29, 0.717) is 36.3 Å². The predicted molar refractivity (Wildman–Crippen MR) is 150 cm³/mol. The van der Waals surface area contributed by atoms with Gasteiger partial charge in [-0.05, 0) is 37.3 Å². The Hall–Kier alpha value is -5.03. The highest BCUT2D eigenvalue weighted by molar-refractivity contribution is 6.10. The zero-order valence-electron chi connectivity index (χ0n) is 21.8. The van der Waals surface area contributed by atoms with Gasteiger partial charge < -0.3 is 15.4 Å². The van der Waals surface area contributed by atoms with Crippen LogP contribution in [0, 0.1) is 6.92 Å². The van der Waals surface area contributed by atoms with Crippen molar-refractivity contribution in [3.05, 3.63) is 90.4 Å². The Kier molecular flexibility index (Phi) is 7.32. The Morgan fingerprint density at radius 3 is 2.67 bits per heavy atom. The number of anilines is 6. The molecule has 0 saturated heterocycles. The minimum Gasteiger partial charge on any atom is -0.381 e. The molecule has 0 unspecified atom stereocenters. The number of hydrogen-bond acceptors (Lipinski definition) is 7. The van der Waals surface area contributed by atoms with Crippen molar-refractivity contribution in [1.82, 2.24) is 19.7 Å². The number of benzene rings is 2. The molecule has 0 radical (unpaired) electrons. The molecule has 3 heterocycles. The van der Waals surface area contributed by atoms with E-state index >= 15 is 0 Å². The average Bonchev–Trinajstić information content (AvgIpc) is 3.25. The van der Waals surface area contributed by atoms with Crippen molar-refractivity contribution < 1.29 is 14.3 Å². The van der Waals surface area contributed by atoms with Crippen molar-refractivity contribution in [2.45, 2.75) is 13.5 Å². The number of urea groups is 1. The second-order valence-electron chi connectivity index (χ2n) is 8.91. The van der Waals surface area contributed by atoms with Gasteiger partial charge in [-0.25, -0.2) is 14.7 Å². The third kappa shape index (κ3) is 5.63. The molecule has 1 aliphatic heterocycles.